The molecule has 1 aliphatic heterocycles. The maximum atomic E-state index is 13.5. The molecule has 4 aliphatic carbocycles. The largest absolute Gasteiger partial charge is 0.368 e. The van der Waals surface area contributed by atoms with Gasteiger partial charge in [0.15, 0.2) is 0 Å². The lowest BCUT2D eigenvalue weighted by Crippen LogP contribution is -2.70. The van der Waals surface area contributed by atoms with Gasteiger partial charge in [-0.1, -0.05) is 12.1 Å². The van der Waals surface area contributed by atoms with Crippen molar-refractivity contribution < 1.29 is 14.4 Å². The van der Waals surface area contributed by atoms with Crippen molar-refractivity contribution in [3.05, 3.63) is 53.5 Å². The number of hydrogen-bond acceptors (Lipinski definition) is 6. The number of nitrogens with two attached hydrogens (primary N) is 1. The van der Waals surface area contributed by atoms with Crippen LogP contribution < -0.4 is 21.3 Å². The number of pyridine rings is 2. The number of rotatable bonds is 6. The molecule has 9 nitrogen and oxygen atoms in total. The Balaban J connectivity index is 1.21. The van der Waals surface area contributed by atoms with Crippen LogP contribution >= 0.6 is 0 Å². The zero-order valence-electron chi connectivity index (χ0n) is 21.2. The zero-order valence-corrected chi connectivity index (χ0v) is 21.2. The molecular formula is C28H34N6O3. The highest BCUT2D eigenvalue weighted by molar-refractivity contribution is 5.94. The Labute approximate surface area is 216 Å². The van der Waals surface area contributed by atoms with Crippen LogP contribution in [-0.2, 0) is 4.79 Å². The molecule has 2 unspecified atom stereocenters. The average Bonchev–Trinajstić information content (AvgIpc) is 3.33. The van der Waals surface area contributed by atoms with Crippen LogP contribution in [0.5, 0.6) is 0 Å². The summed E-state index contributed by atoms with van der Waals surface area (Å²) in [7, 11) is 0. The van der Waals surface area contributed by atoms with E-state index in [0.717, 1.165) is 44.2 Å². The van der Waals surface area contributed by atoms with Gasteiger partial charge in [-0.2, -0.15) is 0 Å². The Morgan fingerprint density at radius 1 is 0.919 bits per heavy atom. The predicted molar refractivity (Wildman–Crippen MR) is 138 cm³/mol. The third-order valence-electron chi connectivity index (χ3n) is 8.78. The van der Waals surface area contributed by atoms with Gasteiger partial charge in [0.25, 0.3) is 11.8 Å². The highest BCUT2D eigenvalue weighted by Gasteiger charge is 2.59. The summed E-state index contributed by atoms with van der Waals surface area (Å²) < 4.78 is 0. The van der Waals surface area contributed by atoms with Gasteiger partial charge in [0, 0.05) is 23.3 Å². The molecule has 4 bridgehead atoms. The van der Waals surface area contributed by atoms with E-state index in [1.165, 1.54) is 0 Å². The summed E-state index contributed by atoms with van der Waals surface area (Å²) in [5.41, 5.74) is 6.48. The van der Waals surface area contributed by atoms with E-state index in [1.807, 2.05) is 36.1 Å². The first-order chi connectivity index (χ1) is 17.7. The average molecular weight is 503 g/mol. The molecule has 3 heterocycles. The van der Waals surface area contributed by atoms with E-state index >= 15 is 0 Å². The van der Waals surface area contributed by atoms with E-state index in [-0.39, 0.29) is 34.8 Å². The van der Waals surface area contributed by atoms with Crippen molar-refractivity contribution in [1.29, 1.82) is 0 Å². The number of nitrogens with zero attached hydrogens (tertiary/aromatic N) is 3. The minimum atomic E-state index is -0.389. The van der Waals surface area contributed by atoms with Crippen molar-refractivity contribution >= 4 is 23.5 Å². The molecule has 3 atom stereocenters. The van der Waals surface area contributed by atoms with Crippen molar-refractivity contribution in [2.75, 3.05) is 11.4 Å². The van der Waals surface area contributed by atoms with Crippen LogP contribution in [0.3, 0.4) is 0 Å². The monoisotopic (exact) mass is 502 g/mol. The van der Waals surface area contributed by atoms with Crippen LogP contribution in [0, 0.1) is 18.8 Å². The zero-order chi connectivity index (χ0) is 25.8. The SMILES string of the molecule is Cc1cccc(C(=O)NC23CC4CC(C2)CC(NC(=O)c2cccc(N5CCC[C@H]5C(N)=O)n2)(C4)C3)n1. The number of nitrogens with one attached hydrogen (secondary N) is 2. The molecule has 3 amide bonds. The minimum absolute atomic E-state index is 0.142. The predicted octanol–water partition coefficient (Wildman–Crippen LogP) is 2.49. The van der Waals surface area contributed by atoms with Gasteiger partial charge in [0.2, 0.25) is 5.91 Å². The number of amides is 3. The molecule has 5 fully saturated rings. The molecule has 7 rings (SSSR count). The summed E-state index contributed by atoms with van der Waals surface area (Å²) in [5, 5.41) is 6.71. The maximum absolute atomic E-state index is 13.5. The van der Waals surface area contributed by atoms with E-state index < -0.39 is 0 Å². The molecule has 194 valence electrons. The molecule has 4 saturated carbocycles. The molecule has 2 aromatic heterocycles. The first-order valence-electron chi connectivity index (χ1n) is 13.3. The van der Waals surface area contributed by atoms with Crippen molar-refractivity contribution in [2.24, 2.45) is 17.6 Å². The van der Waals surface area contributed by atoms with Crippen LogP contribution in [0.2, 0.25) is 0 Å². The maximum Gasteiger partial charge on any atom is 0.270 e. The third-order valence-corrected chi connectivity index (χ3v) is 8.78. The second kappa shape index (κ2) is 8.82. The van der Waals surface area contributed by atoms with Crippen molar-refractivity contribution in [3.63, 3.8) is 0 Å². The van der Waals surface area contributed by atoms with Crippen LogP contribution in [0.1, 0.15) is 78.0 Å². The second-order valence-electron chi connectivity index (χ2n) is 11.7. The normalized spacial score (nSPS) is 31.8. The van der Waals surface area contributed by atoms with Gasteiger partial charge in [-0.3, -0.25) is 14.4 Å². The van der Waals surface area contributed by atoms with Crippen molar-refractivity contribution in [1.82, 2.24) is 20.6 Å². The third kappa shape index (κ3) is 4.45. The Morgan fingerprint density at radius 3 is 2.11 bits per heavy atom. The molecule has 37 heavy (non-hydrogen) atoms. The Hall–Kier alpha value is -3.49. The summed E-state index contributed by atoms with van der Waals surface area (Å²) in [6, 6.07) is 10.5. The molecular weight excluding hydrogens is 468 g/mol. The first-order valence-corrected chi connectivity index (χ1v) is 13.3. The van der Waals surface area contributed by atoms with Gasteiger partial charge in [0.1, 0.15) is 23.2 Å². The fourth-order valence-electron chi connectivity index (χ4n) is 7.88. The summed E-state index contributed by atoms with van der Waals surface area (Å²) in [4.78, 5) is 49.5. The van der Waals surface area contributed by atoms with Crippen LogP contribution in [0.25, 0.3) is 0 Å². The number of aromatic nitrogens is 2. The highest BCUT2D eigenvalue weighted by Crippen LogP contribution is 2.57. The number of aryl methyl sites for hydroxylation is 1. The fourth-order valence-corrected chi connectivity index (χ4v) is 7.88. The lowest BCUT2D eigenvalue weighted by molar-refractivity contribution is -0.119. The molecule has 0 spiro atoms. The van der Waals surface area contributed by atoms with Crippen LogP contribution in [-0.4, -0.2) is 51.4 Å². The van der Waals surface area contributed by atoms with E-state index in [1.54, 1.807) is 12.1 Å². The summed E-state index contributed by atoms with van der Waals surface area (Å²) >= 11 is 0. The molecule has 5 aliphatic rings. The van der Waals surface area contributed by atoms with Crippen LogP contribution in [0.15, 0.2) is 36.4 Å². The number of carbonyl (C=O) groups is 3. The summed E-state index contributed by atoms with van der Waals surface area (Å²) in [6.07, 6.45) is 7.15. The molecule has 0 aromatic carbocycles. The van der Waals surface area contributed by atoms with Gasteiger partial charge >= 0.3 is 0 Å². The Kier molecular flexibility index (Phi) is 5.69. The Morgan fingerprint density at radius 2 is 1.51 bits per heavy atom. The summed E-state index contributed by atoms with van der Waals surface area (Å²) in [5.74, 6) is 0.821. The highest BCUT2D eigenvalue weighted by atomic mass is 16.2. The van der Waals surface area contributed by atoms with Crippen LogP contribution in [0.4, 0.5) is 5.82 Å². The molecule has 4 N–H and O–H groups in total. The standard InChI is InChI=1S/C28H34N6O3/c1-17-5-2-6-20(30-17)25(36)32-27-12-18-11-19(13-27)15-28(14-18,16-27)33-26(37)21-7-3-9-23(31-21)34-10-4-8-22(34)24(29)35/h2-3,5-7,9,18-19,22H,4,8,10-16H2,1H3,(H2,29,35)(H,32,36)(H,33,37)/t18?,19?,22-,27?,28?/m0/s1. The molecule has 1 saturated heterocycles. The summed E-state index contributed by atoms with van der Waals surface area (Å²) in [6.45, 7) is 2.57. The second-order valence-corrected chi connectivity index (χ2v) is 11.7. The number of carbonyl (C=O) groups excluding carboxylic acids is 3. The van der Waals surface area contributed by atoms with E-state index in [4.69, 9.17) is 5.73 Å². The number of hydrogen-bond donors (Lipinski definition) is 3. The van der Waals surface area contributed by atoms with Crippen molar-refractivity contribution in [2.45, 2.75) is 75.4 Å². The molecule has 9 heteroatoms. The van der Waals surface area contributed by atoms with Gasteiger partial charge in [0.05, 0.1) is 0 Å². The first kappa shape index (κ1) is 23.9. The van der Waals surface area contributed by atoms with Crippen molar-refractivity contribution in [3.8, 4) is 0 Å². The fraction of sp³-hybridized carbons (Fsp3) is 0.536. The number of primary amides is 1. The van der Waals surface area contributed by atoms with E-state index in [0.29, 0.717) is 48.4 Å². The van der Waals surface area contributed by atoms with Gasteiger partial charge in [-0.15, -0.1) is 0 Å². The minimum Gasteiger partial charge on any atom is -0.368 e. The lowest BCUT2D eigenvalue weighted by atomic mass is 9.49. The van der Waals surface area contributed by atoms with Gasteiger partial charge in [-0.25, -0.2) is 9.97 Å². The smallest absolute Gasteiger partial charge is 0.270 e. The van der Waals surface area contributed by atoms with E-state index in [2.05, 4.69) is 20.6 Å². The molecule has 0 radical (unpaired) electrons. The molecule has 2 aromatic rings. The Bertz CT molecular complexity index is 1250. The van der Waals surface area contributed by atoms with Gasteiger partial charge in [-0.05, 0) is 94.4 Å². The quantitative estimate of drug-likeness (QED) is 0.556. The van der Waals surface area contributed by atoms with E-state index in [9.17, 15) is 14.4 Å². The topological polar surface area (TPSA) is 130 Å². The lowest BCUT2D eigenvalue weighted by Gasteiger charge is -2.62. The number of anilines is 1. The van der Waals surface area contributed by atoms with Gasteiger partial charge < -0.3 is 21.3 Å².